The van der Waals surface area contributed by atoms with Crippen LogP contribution >= 0.6 is 0 Å². The van der Waals surface area contributed by atoms with Gasteiger partial charge in [-0.25, -0.2) is 0 Å². The highest BCUT2D eigenvalue weighted by molar-refractivity contribution is 5.76. The molecule has 3 nitrogen and oxygen atoms in total. The number of hydrogen-bond donors (Lipinski definition) is 0. The van der Waals surface area contributed by atoms with Gasteiger partial charge >= 0.3 is 0 Å². The molecule has 0 unspecified atom stereocenters. The fraction of sp³-hybridized carbons (Fsp3) is 0.941. The molecule has 0 aliphatic carbocycles. The van der Waals surface area contributed by atoms with Crippen molar-refractivity contribution >= 4 is 5.91 Å². The second-order valence-corrected chi connectivity index (χ2v) is 7.04. The first kappa shape index (κ1) is 17.5. The first-order chi connectivity index (χ1) is 9.30. The minimum Gasteiger partial charge on any atom is -0.376 e. The molecule has 0 spiro atoms. The Balaban J connectivity index is 2.71. The van der Waals surface area contributed by atoms with E-state index in [4.69, 9.17) is 4.74 Å². The van der Waals surface area contributed by atoms with Crippen LogP contribution in [0.15, 0.2) is 0 Å². The lowest BCUT2D eigenvalue weighted by atomic mass is 9.73. The molecular formula is C17H33NO2. The summed E-state index contributed by atoms with van der Waals surface area (Å²) in [6.45, 7) is 15.4. The van der Waals surface area contributed by atoms with Crippen molar-refractivity contribution in [3.05, 3.63) is 0 Å². The maximum Gasteiger partial charge on any atom is 0.222 e. The first-order valence-electron chi connectivity index (χ1n) is 8.22. The Labute approximate surface area is 125 Å². The molecule has 0 saturated carbocycles. The first-order valence-corrected chi connectivity index (χ1v) is 8.22. The van der Waals surface area contributed by atoms with Gasteiger partial charge in [0, 0.05) is 26.1 Å². The lowest BCUT2D eigenvalue weighted by Gasteiger charge is -2.41. The molecule has 0 aromatic rings. The summed E-state index contributed by atoms with van der Waals surface area (Å²) in [6.07, 6.45) is 2.86. The van der Waals surface area contributed by atoms with Gasteiger partial charge in [0.2, 0.25) is 5.91 Å². The molecule has 20 heavy (non-hydrogen) atoms. The Kier molecular flexibility index (Phi) is 6.50. The number of amides is 1. The smallest absolute Gasteiger partial charge is 0.222 e. The van der Waals surface area contributed by atoms with E-state index in [0.29, 0.717) is 30.1 Å². The van der Waals surface area contributed by atoms with E-state index in [-0.39, 0.29) is 5.60 Å². The van der Waals surface area contributed by atoms with Gasteiger partial charge in [0.15, 0.2) is 0 Å². The average molecular weight is 283 g/mol. The summed E-state index contributed by atoms with van der Waals surface area (Å²) < 4.78 is 5.82. The standard InChI is InChI=1S/C17H33NO2/c1-7-18(8-2)16(19)11-15(13(3)4)14-9-10-20-17(5,6)12-14/h13-15H,7-12H2,1-6H3/t14-,15+/m1/s1. The fourth-order valence-electron chi connectivity index (χ4n) is 3.50. The average Bonchev–Trinajstić information content (AvgIpc) is 2.35. The summed E-state index contributed by atoms with van der Waals surface area (Å²) >= 11 is 0. The van der Waals surface area contributed by atoms with Crippen LogP contribution in [0.5, 0.6) is 0 Å². The molecule has 1 heterocycles. The zero-order chi connectivity index (χ0) is 15.3. The van der Waals surface area contributed by atoms with E-state index in [9.17, 15) is 4.79 Å². The molecule has 1 aliphatic rings. The van der Waals surface area contributed by atoms with Gasteiger partial charge in [-0.2, -0.15) is 0 Å². The van der Waals surface area contributed by atoms with Crippen LogP contribution in [0.4, 0.5) is 0 Å². The van der Waals surface area contributed by atoms with Gasteiger partial charge < -0.3 is 9.64 Å². The third kappa shape index (κ3) is 4.76. The number of carbonyl (C=O) groups is 1. The summed E-state index contributed by atoms with van der Waals surface area (Å²) in [4.78, 5) is 14.4. The summed E-state index contributed by atoms with van der Waals surface area (Å²) in [7, 11) is 0. The van der Waals surface area contributed by atoms with E-state index in [1.165, 1.54) is 0 Å². The van der Waals surface area contributed by atoms with Crippen molar-refractivity contribution in [1.82, 2.24) is 4.90 Å². The third-order valence-corrected chi connectivity index (χ3v) is 4.72. The third-order valence-electron chi connectivity index (χ3n) is 4.72. The van der Waals surface area contributed by atoms with Crippen LogP contribution in [0, 0.1) is 17.8 Å². The molecule has 0 bridgehead atoms. The zero-order valence-corrected chi connectivity index (χ0v) is 14.2. The van der Waals surface area contributed by atoms with Gasteiger partial charge in [-0.1, -0.05) is 13.8 Å². The van der Waals surface area contributed by atoms with Crippen molar-refractivity contribution in [2.24, 2.45) is 17.8 Å². The predicted molar refractivity (Wildman–Crippen MR) is 83.6 cm³/mol. The van der Waals surface area contributed by atoms with Gasteiger partial charge in [-0.15, -0.1) is 0 Å². The Morgan fingerprint density at radius 2 is 1.90 bits per heavy atom. The molecule has 2 atom stereocenters. The Bertz CT molecular complexity index is 308. The van der Waals surface area contributed by atoms with Crippen LogP contribution in [-0.4, -0.2) is 36.1 Å². The molecule has 1 aliphatic heterocycles. The van der Waals surface area contributed by atoms with E-state index in [2.05, 4.69) is 41.5 Å². The molecule has 1 saturated heterocycles. The highest BCUT2D eigenvalue weighted by Gasteiger charge is 2.35. The molecule has 1 rings (SSSR count). The van der Waals surface area contributed by atoms with Crippen molar-refractivity contribution in [2.75, 3.05) is 19.7 Å². The van der Waals surface area contributed by atoms with Gasteiger partial charge in [-0.05, 0) is 58.3 Å². The SMILES string of the molecule is CCN(CC)C(=O)C[C@@H](C(C)C)[C@@H]1CCOC(C)(C)C1. The fourth-order valence-corrected chi connectivity index (χ4v) is 3.50. The normalized spacial score (nSPS) is 23.6. The predicted octanol–water partition coefficient (Wildman–Crippen LogP) is 3.72. The highest BCUT2D eigenvalue weighted by atomic mass is 16.5. The summed E-state index contributed by atoms with van der Waals surface area (Å²) in [5.41, 5.74) is -0.0334. The monoisotopic (exact) mass is 283 g/mol. The Hall–Kier alpha value is -0.570. The van der Waals surface area contributed by atoms with E-state index >= 15 is 0 Å². The number of rotatable bonds is 6. The van der Waals surface area contributed by atoms with E-state index in [1.807, 2.05) is 4.90 Å². The Morgan fingerprint density at radius 3 is 2.35 bits per heavy atom. The van der Waals surface area contributed by atoms with Crippen LogP contribution in [0.1, 0.15) is 60.8 Å². The molecule has 0 aromatic heterocycles. The minimum absolute atomic E-state index is 0.0334. The van der Waals surface area contributed by atoms with Crippen LogP contribution in [0.2, 0.25) is 0 Å². The lowest BCUT2D eigenvalue weighted by Crippen LogP contribution is -2.40. The molecule has 0 N–H and O–H groups in total. The number of ether oxygens (including phenoxy) is 1. The van der Waals surface area contributed by atoms with Crippen molar-refractivity contribution in [2.45, 2.75) is 66.4 Å². The number of hydrogen-bond acceptors (Lipinski definition) is 2. The van der Waals surface area contributed by atoms with Crippen LogP contribution in [0.3, 0.4) is 0 Å². The molecule has 1 amide bonds. The van der Waals surface area contributed by atoms with E-state index < -0.39 is 0 Å². The molecule has 3 heteroatoms. The quantitative estimate of drug-likeness (QED) is 0.743. The number of carbonyl (C=O) groups excluding carboxylic acids is 1. The van der Waals surface area contributed by atoms with Crippen LogP contribution in [0.25, 0.3) is 0 Å². The number of nitrogens with zero attached hydrogens (tertiary/aromatic N) is 1. The largest absolute Gasteiger partial charge is 0.376 e. The maximum absolute atomic E-state index is 12.4. The van der Waals surface area contributed by atoms with Gasteiger partial charge in [-0.3, -0.25) is 4.79 Å². The highest BCUT2D eigenvalue weighted by Crippen LogP contribution is 2.38. The van der Waals surface area contributed by atoms with Crippen molar-refractivity contribution < 1.29 is 9.53 Å². The minimum atomic E-state index is -0.0334. The molecule has 0 radical (unpaired) electrons. The van der Waals surface area contributed by atoms with Crippen molar-refractivity contribution in [3.8, 4) is 0 Å². The van der Waals surface area contributed by atoms with Gasteiger partial charge in [0.05, 0.1) is 5.60 Å². The zero-order valence-electron chi connectivity index (χ0n) is 14.2. The molecule has 1 fully saturated rings. The van der Waals surface area contributed by atoms with E-state index in [0.717, 1.165) is 32.5 Å². The van der Waals surface area contributed by atoms with Gasteiger partial charge in [0.1, 0.15) is 0 Å². The summed E-state index contributed by atoms with van der Waals surface area (Å²) in [6, 6.07) is 0. The molecule has 0 aromatic carbocycles. The van der Waals surface area contributed by atoms with Gasteiger partial charge in [0.25, 0.3) is 0 Å². The van der Waals surface area contributed by atoms with Crippen LogP contribution in [-0.2, 0) is 9.53 Å². The second-order valence-electron chi connectivity index (χ2n) is 7.04. The Morgan fingerprint density at radius 1 is 1.30 bits per heavy atom. The van der Waals surface area contributed by atoms with Crippen molar-refractivity contribution in [3.63, 3.8) is 0 Å². The molecule has 118 valence electrons. The maximum atomic E-state index is 12.4. The second kappa shape index (κ2) is 7.44. The van der Waals surface area contributed by atoms with Crippen molar-refractivity contribution in [1.29, 1.82) is 0 Å². The lowest BCUT2D eigenvalue weighted by molar-refractivity contribution is -0.134. The summed E-state index contributed by atoms with van der Waals surface area (Å²) in [5, 5.41) is 0. The van der Waals surface area contributed by atoms with Crippen LogP contribution < -0.4 is 0 Å². The van der Waals surface area contributed by atoms with E-state index in [1.54, 1.807) is 0 Å². The summed E-state index contributed by atoms with van der Waals surface area (Å²) in [5.74, 6) is 1.95. The topological polar surface area (TPSA) is 29.5 Å². The molecular weight excluding hydrogens is 250 g/mol.